The molecule has 6 nitrogen and oxygen atoms in total. The van der Waals surface area contributed by atoms with Crippen LogP contribution >= 0.6 is 0 Å². The molecule has 1 unspecified atom stereocenters. The van der Waals surface area contributed by atoms with Crippen molar-refractivity contribution < 1.29 is 8.83 Å². The maximum Gasteiger partial charge on any atom is 0.159 e. The van der Waals surface area contributed by atoms with E-state index in [9.17, 15) is 0 Å². The molecule has 9 aromatic carbocycles. The Morgan fingerprint density at radius 1 is 0.443 bits per heavy atom. The zero-order valence-corrected chi connectivity index (χ0v) is 32.7. The van der Waals surface area contributed by atoms with Crippen molar-refractivity contribution in [3.8, 4) is 16.8 Å². The standard InChI is InChI=1S/C55H34N4O2/c1-2-13-33(14-3-1)53-56-54(58-55(57-53)37-26-28-50-44(31-37)39-18-7-10-22-48(39)60-50)36-25-27-46(43(30-36)40-20-12-24-51-52(40)41-19-8-11-23-49(41)61-51)59-45-21-9-6-17-38(45)42-29-34-15-4-5-16-35(34)32-47(42)59/h1-32,54H,(H,56,57,58). The zero-order chi connectivity index (χ0) is 40.0. The number of benzene rings is 9. The monoisotopic (exact) mass is 782 g/mol. The van der Waals surface area contributed by atoms with Gasteiger partial charge in [-0.3, -0.25) is 0 Å². The van der Waals surface area contributed by atoms with Gasteiger partial charge in [0.15, 0.2) is 5.84 Å². The van der Waals surface area contributed by atoms with Crippen molar-refractivity contribution in [1.29, 1.82) is 0 Å². The maximum absolute atomic E-state index is 6.49. The summed E-state index contributed by atoms with van der Waals surface area (Å²) in [5.41, 5.74) is 11.8. The number of fused-ring (bicyclic) bond motifs is 10. The first kappa shape index (κ1) is 33.7. The highest BCUT2D eigenvalue weighted by atomic mass is 16.3. The van der Waals surface area contributed by atoms with Crippen LogP contribution in [0, 0.1) is 0 Å². The largest absolute Gasteiger partial charge is 0.456 e. The molecule has 4 heterocycles. The fraction of sp³-hybridized carbons (Fsp3) is 0.0182. The van der Waals surface area contributed by atoms with E-state index in [-0.39, 0.29) is 0 Å². The Bertz CT molecular complexity index is 3810. The number of nitrogens with one attached hydrogen (secondary N) is 1. The minimum absolute atomic E-state index is 0.449. The van der Waals surface area contributed by atoms with Gasteiger partial charge in [-0.15, -0.1) is 0 Å². The number of amidine groups is 2. The molecule has 286 valence electrons. The predicted octanol–water partition coefficient (Wildman–Crippen LogP) is 13.9. The number of aromatic nitrogens is 1. The van der Waals surface area contributed by atoms with Crippen molar-refractivity contribution >= 4 is 88.1 Å². The molecule has 0 fully saturated rings. The summed E-state index contributed by atoms with van der Waals surface area (Å²) in [6.45, 7) is 0. The summed E-state index contributed by atoms with van der Waals surface area (Å²) in [5, 5.41) is 12.8. The number of para-hydroxylation sites is 3. The fourth-order valence-electron chi connectivity index (χ4n) is 9.41. The van der Waals surface area contributed by atoms with Crippen molar-refractivity contribution in [2.24, 2.45) is 9.98 Å². The van der Waals surface area contributed by atoms with Crippen LogP contribution in [0.1, 0.15) is 22.9 Å². The van der Waals surface area contributed by atoms with Crippen LogP contribution < -0.4 is 5.32 Å². The maximum atomic E-state index is 6.49. The van der Waals surface area contributed by atoms with Crippen molar-refractivity contribution in [1.82, 2.24) is 9.88 Å². The van der Waals surface area contributed by atoms with Gasteiger partial charge in [0.1, 0.15) is 34.3 Å². The summed E-state index contributed by atoms with van der Waals surface area (Å²) in [4.78, 5) is 10.6. The summed E-state index contributed by atoms with van der Waals surface area (Å²) in [6.07, 6.45) is -0.449. The first-order valence-electron chi connectivity index (χ1n) is 20.6. The summed E-state index contributed by atoms with van der Waals surface area (Å²) >= 11 is 0. The summed E-state index contributed by atoms with van der Waals surface area (Å²) in [7, 11) is 0. The van der Waals surface area contributed by atoms with Gasteiger partial charge in [-0.1, -0.05) is 127 Å². The third-order valence-corrected chi connectivity index (χ3v) is 12.2. The third kappa shape index (κ3) is 5.29. The van der Waals surface area contributed by atoms with Gasteiger partial charge in [0.05, 0.1) is 16.7 Å². The summed E-state index contributed by atoms with van der Waals surface area (Å²) in [5.74, 6) is 1.41. The lowest BCUT2D eigenvalue weighted by molar-refractivity contribution is 0.668. The van der Waals surface area contributed by atoms with Crippen LogP contribution in [0.3, 0.4) is 0 Å². The van der Waals surface area contributed by atoms with Crippen LogP contribution in [0.4, 0.5) is 0 Å². The molecule has 1 N–H and O–H groups in total. The van der Waals surface area contributed by atoms with E-state index in [1.807, 2.05) is 54.6 Å². The third-order valence-electron chi connectivity index (χ3n) is 12.2. The number of furan rings is 2. The molecule has 6 heteroatoms. The van der Waals surface area contributed by atoms with E-state index in [0.717, 1.165) is 94.3 Å². The molecule has 1 aliphatic rings. The zero-order valence-electron chi connectivity index (χ0n) is 32.7. The molecule has 0 radical (unpaired) electrons. The Balaban J connectivity index is 1.06. The highest BCUT2D eigenvalue weighted by molar-refractivity contribution is 6.17. The van der Waals surface area contributed by atoms with Gasteiger partial charge in [0.2, 0.25) is 0 Å². The normalized spacial score (nSPS) is 14.4. The smallest absolute Gasteiger partial charge is 0.159 e. The number of nitrogens with zero attached hydrogens (tertiary/aromatic N) is 3. The topological polar surface area (TPSA) is 68.0 Å². The van der Waals surface area contributed by atoms with Gasteiger partial charge < -0.3 is 18.7 Å². The highest BCUT2D eigenvalue weighted by Gasteiger charge is 2.25. The molecule has 0 spiro atoms. The molecule has 0 saturated carbocycles. The van der Waals surface area contributed by atoms with Crippen LogP contribution in [0.5, 0.6) is 0 Å². The Morgan fingerprint density at radius 3 is 2.00 bits per heavy atom. The molecule has 3 aromatic heterocycles. The highest BCUT2D eigenvalue weighted by Crippen LogP contribution is 2.43. The quantitative estimate of drug-likeness (QED) is 0.189. The van der Waals surface area contributed by atoms with E-state index in [1.165, 1.54) is 21.5 Å². The van der Waals surface area contributed by atoms with E-state index in [2.05, 4.69) is 149 Å². The second kappa shape index (κ2) is 13.1. The van der Waals surface area contributed by atoms with E-state index in [1.54, 1.807) is 0 Å². The number of hydrogen-bond donors (Lipinski definition) is 1. The SMILES string of the molecule is c1ccc(C2=NC(c3ccc4oc5ccccc5c4c3)=NC(c3ccc(-n4c5ccccc5c5cc6ccccc6cc54)c(-c4cccc5oc6ccccc6c45)c3)N2)cc1. The van der Waals surface area contributed by atoms with E-state index >= 15 is 0 Å². The lowest BCUT2D eigenvalue weighted by Gasteiger charge is -2.25. The Hall–Kier alpha value is -8.22. The number of rotatable bonds is 5. The second-order valence-electron chi connectivity index (χ2n) is 15.8. The molecular formula is C55H34N4O2. The van der Waals surface area contributed by atoms with Gasteiger partial charge >= 0.3 is 0 Å². The van der Waals surface area contributed by atoms with Crippen LogP contribution in [0.25, 0.3) is 93.3 Å². The van der Waals surface area contributed by atoms with Gasteiger partial charge in [0, 0.05) is 49.0 Å². The van der Waals surface area contributed by atoms with Crippen LogP contribution in [0.2, 0.25) is 0 Å². The number of hydrogen-bond acceptors (Lipinski definition) is 5. The average Bonchev–Trinajstić information content (AvgIpc) is 4.00. The molecule has 0 saturated heterocycles. The predicted molar refractivity (Wildman–Crippen MR) is 250 cm³/mol. The Kier molecular flexibility index (Phi) is 7.27. The average molecular weight is 783 g/mol. The lowest BCUT2D eigenvalue weighted by atomic mass is 9.95. The van der Waals surface area contributed by atoms with Gasteiger partial charge in [-0.05, 0) is 88.6 Å². The second-order valence-corrected chi connectivity index (χ2v) is 15.8. The molecule has 1 atom stereocenters. The lowest BCUT2D eigenvalue weighted by Crippen LogP contribution is -2.33. The molecule has 12 aromatic rings. The van der Waals surface area contributed by atoms with Gasteiger partial charge in [-0.25, -0.2) is 9.98 Å². The molecule has 0 bridgehead atoms. The van der Waals surface area contributed by atoms with Crippen molar-refractivity contribution in [2.75, 3.05) is 0 Å². The van der Waals surface area contributed by atoms with E-state index in [0.29, 0.717) is 5.84 Å². The summed E-state index contributed by atoms with van der Waals surface area (Å²) < 4.78 is 15.1. The van der Waals surface area contributed by atoms with E-state index < -0.39 is 6.17 Å². The van der Waals surface area contributed by atoms with Gasteiger partial charge in [0.25, 0.3) is 0 Å². The molecular weight excluding hydrogens is 749 g/mol. The van der Waals surface area contributed by atoms with Crippen molar-refractivity contribution in [3.63, 3.8) is 0 Å². The molecule has 0 aliphatic carbocycles. The minimum atomic E-state index is -0.449. The van der Waals surface area contributed by atoms with Crippen LogP contribution in [-0.2, 0) is 0 Å². The van der Waals surface area contributed by atoms with Crippen LogP contribution in [-0.4, -0.2) is 16.2 Å². The van der Waals surface area contributed by atoms with Crippen molar-refractivity contribution in [2.45, 2.75) is 6.17 Å². The minimum Gasteiger partial charge on any atom is -0.456 e. The first-order valence-corrected chi connectivity index (χ1v) is 20.6. The molecule has 61 heavy (non-hydrogen) atoms. The number of aliphatic imine (C=N–C) groups is 2. The summed E-state index contributed by atoms with van der Waals surface area (Å²) in [6, 6.07) is 68.2. The Labute approximate surface area is 349 Å². The molecule has 13 rings (SSSR count). The van der Waals surface area contributed by atoms with Crippen molar-refractivity contribution in [3.05, 3.63) is 211 Å². The molecule has 1 aliphatic heterocycles. The Morgan fingerprint density at radius 2 is 1.13 bits per heavy atom. The molecule has 0 amide bonds. The van der Waals surface area contributed by atoms with E-state index in [4.69, 9.17) is 18.8 Å². The fourth-order valence-corrected chi connectivity index (χ4v) is 9.41. The first-order chi connectivity index (χ1) is 30.2. The van der Waals surface area contributed by atoms with Crippen LogP contribution in [0.15, 0.2) is 213 Å². The van der Waals surface area contributed by atoms with Gasteiger partial charge in [-0.2, -0.15) is 0 Å².